The number of nitrogens with zero attached hydrogens (tertiary/aromatic N) is 3. The van der Waals surface area contributed by atoms with Gasteiger partial charge in [-0.25, -0.2) is 8.97 Å². The van der Waals surface area contributed by atoms with Crippen LogP contribution >= 0.6 is 15.9 Å². The molecule has 2 aromatic carbocycles. The van der Waals surface area contributed by atoms with Gasteiger partial charge in [0.25, 0.3) is 0 Å². The van der Waals surface area contributed by atoms with Gasteiger partial charge >= 0.3 is 5.96 Å². The lowest BCUT2D eigenvalue weighted by Crippen LogP contribution is -2.44. The first-order chi connectivity index (χ1) is 13.9. The number of hydrogen-bond donors (Lipinski definition) is 2. The maximum Gasteiger partial charge on any atom is 0.367 e. The molecule has 5 nitrogen and oxygen atoms in total. The summed E-state index contributed by atoms with van der Waals surface area (Å²) < 4.78 is 17.2. The maximum absolute atomic E-state index is 14.1. The molecule has 0 saturated heterocycles. The summed E-state index contributed by atoms with van der Waals surface area (Å²) in [6.07, 6.45) is 1.99. The lowest BCUT2D eigenvalue weighted by molar-refractivity contribution is -0.496. The van der Waals surface area contributed by atoms with Crippen molar-refractivity contribution in [3.8, 4) is 0 Å². The third-order valence-corrected chi connectivity index (χ3v) is 6.17. The lowest BCUT2D eigenvalue weighted by Gasteiger charge is -2.19. The molecule has 2 aromatic rings. The van der Waals surface area contributed by atoms with Crippen molar-refractivity contribution in [3.05, 3.63) is 62.9 Å². The zero-order valence-electron chi connectivity index (χ0n) is 17.0. The van der Waals surface area contributed by atoms with Crippen molar-refractivity contribution in [2.75, 3.05) is 13.1 Å². The van der Waals surface area contributed by atoms with Gasteiger partial charge < -0.3 is 0 Å². The summed E-state index contributed by atoms with van der Waals surface area (Å²) in [5.41, 5.74) is 15.5. The van der Waals surface area contributed by atoms with Crippen LogP contribution in [0.15, 0.2) is 39.8 Å². The normalized spacial score (nSPS) is 18.8. The molecular formula is C22H26BrFN5+. The van der Waals surface area contributed by atoms with Crippen molar-refractivity contribution >= 4 is 33.3 Å². The van der Waals surface area contributed by atoms with Crippen molar-refractivity contribution in [2.24, 2.45) is 10.7 Å². The van der Waals surface area contributed by atoms with Gasteiger partial charge in [-0.15, -0.1) is 5.01 Å². The molecule has 0 radical (unpaired) electrons. The molecule has 0 amide bonds. The fraction of sp³-hybridized carbons (Fsp3) is 0.364. The summed E-state index contributed by atoms with van der Waals surface area (Å²) in [7, 11) is 0. The quantitative estimate of drug-likeness (QED) is 0.684. The second-order valence-corrected chi connectivity index (χ2v) is 8.36. The average molecular weight is 459 g/mol. The monoisotopic (exact) mass is 458 g/mol. The van der Waals surface area contributed by atoms with E-state index in [9.17, 15) is 4.39 Å². The van der Waals surface area contributed by atoms with E-state index in [4.69, 9.17) is 10.7 Å². The summed E-state index contributed by atoms with van der Waals surface area (Å²) in [6, 6.07) is 9.20. The number of likely N-dealkylation sites (N-methyl/N-ethyl adjacent to an activating group) is 1. The molecule has 4 rings (SSSR count). The maximum atomic E-state index is 14.1. The van der Waals surface area contributed by atoms with Gasteiger partial charge in [0.2, 0.25) is 0 Å². The van der Waals surface area contributed by atoms with Gasteiger partial charge in [0.1, 0.15) is 11.5 Å². The first-order valence-corrected chi connectivity index (χ1v) is 10.8. The molecule has 3 N–H and O–H groups in total. The molecule has 152 valence electrons. The van der Waals surface area contributed by atoms with E-state index in [1.807, 2.05) is 6.92 Å². The molecule has 0 aromatic heterocycles. The Bertz CT molecular complexity index is 1030. The number of hydrazine groups is 1. The molecule has 29 heavy (non-hydrogen) atoms. The second-order valence-electron chi connectivity index (χ2n) is 7.50. The fourth-order valence-corrected chi connectivity index (χ4v) is 4.85. The van der Waals surface area contributed by atoms with Crippen LogP contribution < -0.4 is 11.2 Å². The van der Waals surface area contributed by atoms with E-state index in [0.717, 1.165) is 51.9 Å². The molecule has 1 unspecified atom stereocenters. The zero-order chi connectivity index (χ0) is 20.7. The van der Waals surface area contributed by atoms with Gasteiger partial charge in [0.05, 0.1) is 17.8 Å². The Morgan fingerprint density at radius 2 is 2.10 bits per heavy atom. The van der Waals surface area contributed by atoms with Crippen LogP contribution in [-0.4, -0.2) is 40.5 Å². The SMILES string of the molecule is CCCc1cc(Br)c2c(c1)[N+]1=C(N)NN(CC)C1CN=C2c1cc(F)ccc1C. The minimum atomic E-state index is -0.263. The van der Waals surface area contributed by atoms with Crippen LogP contribution in [0.3, 0.4) is 0 Å². The number of rotatable bonds is 4. The predicted molar refractivity (Wildman–Crippen MR) is 118 cm³/mol. The minimum Gasteiger partial charge on any atom is -0.289 e. The van der Waals surface area contributed by atoms with Crippen LogP contribution in [-0.2, 0) is 6.42 Å². The number of fused-ring (bicyclic) bond motifs is 3. The Labute approximate surface area is 179 Å². The molecule has 1 atom stereocenters. The smallest absolute Gasteiger partial charge is 0.289 e. The molecule has 2 aliphatic rings. The van der Waals surface area contributed by atoms with Crippen molar-refractivity contribution in [1.82, 2.24) is 10.4 Å². The van der Waals surface area contributed by atoms with Crippen molar-refractivity contribution < 1.29 is 8.97 Å². The number of nitrogens with one attached hydrogen (secondary N) is 1. The molecule has 0 fully saturated rings. The average Bonchev–Trinajstić information content (AvgIpc) is 2.90. The molecule has 0 bridgehead atoms. The Balaban J connectivity index is 2.00. The van der Waals surface area contributed by atoms with Crippen LogP contribution in [0.4, 0.5) is 10.1 Å². The summed E-state index contributed by atoms with van der Waals surface area (Å²) in [6.45, 7) is 7.55. The zero-order valence-corrected chi connectivity index (χ0v) is 18.6. The highest BCUT2D eigenvalue weighted by molar-refractivity contribution is 9.10. The first-order valence-electron chi connectivity index (χ1n) is 10.0. The Morgan fingerprint density at radius 1 is 1.31 bits per heavy atom. The molecule has 0 aliphatic carbocycles. The first kappa shape index (κ1) is 20.0. The second kappa shape index (κ2) is 7.88. The standard InChI is InChI=1S/C22H25BrFN5/c1-4-6-14-9-17(23)20-18(10-14)29-19(28(5-2)27-22(29)25)12-26-21(20)16-11-15(24)8-7-13(16)3/h7-11,19H,4-6,12H2,1-3H3,(H2,25,27)/p+1. The highest BCUT2D eigenvalue weighted by Crippen LogP contribution is 2.36. The van der Waals surface area contributed by atoms with E-state index in [0.29, 0.717) is 12.5 Å². The Morgan fingerprint density at radius 3 is 2.83 bits per heavy atom. The van der Waals surface area contributed by atoms with E-state index in [2.05, 4.69) is 56.9 Å². The summed E-state index contributed by atoms with van der Waals surface area (Å²) in [4.78, 5) is 4.98. The predicted octanol–water partition coefficient (Wildman–Crippen LogP) is 3.83. The van der Waals surface area contributed by atoms with Crippen molar-refractivity contribution in [1.29, 1.82) is 0 Å². The Kier molecular flexibility index (Phi) is 5.44. The van der Waals surface area contributed by atoms with E-state index in [1.54, 1.807) is 12.1 Å². The number of nitrogens with two attached hydrogens (primary N) is 1. The number of halogens is 2. The molecule has 0 spiro atoms. The molecule has 2 heterocycles. The fourth-order valence-electron chi connectivity index (χ4n) is 4.16. The summed E-state index contributed by atoms with van der Waals surface area (Å²) in [5.74, 6) is 0.326. The molecular weight excluding hydrogens is 433 g/mol. The van der Waals surface area contributed by atoms with Crippen molar-refractivity contribution in [3.63, 3.8) is 0 Å². The van der Waals surface area contributed by atoms with Gasteiger partial charge in [0, 0.05) is 16.6 Å². The lowest BCUT2D eigenvalue weighted by atomic mass is 9.95. The van der Waals surface area contributed by atoms with E-state index in [-0.39, 0.29) is 12.0 Å². The van der Waals surface area contributed by atoms with E-state index < -0.39 is 0 Å². The number of benzene rings is 2. The molecule has 0 saturated carbocycles. The molecule has 2 aliphatic heterocycles. The van der Waals surface area contributed by atoms with Gasteiger partial charge in [-0.2, -0.15) is 5.43 Å². The summed E-state index contributed by atoms with van der Waals surface area (Å²) in [5, 5.41) is 2.09. The van der Waals surface area contributed by atoms with Crippen LogP contribution in [0.2, 0.25) is 0 Å². The van der Waals surface area contributed by atoms with E-state index in [1.165, 1.54) is 11.6 Å². The van der Waals surface area contributed by atoms with Crippen LogP contribution in [0.1, 0.15) is 42.5 Å². The van der Waals surface area contributed by atoms with Crippen LogP contribution in [0, 0.1) is 12.7 Å². The highest BCUT2D eigenvalue weighted by atomic mass is 79.9. The van der Waals surface area contributed by atoms with Gasteiger partial charge in [0.15, 0.2) is 6.17 Å². The summed E-state index contributed by atoms with van der Waals surface area (Å²) >= 11 is 3.78. The van der Waals surface area contributed by atoms with Gasteiger partial charge in [-0.05, 0) is 71.6 Å². The minimum absolute atomic E-state index is 0.0334. The van der Waals surface area contributed by atoms with Crippen LogP contribution in [0.25, 0.3) is 0 Å². The van der Waals surface area contributed by atoms with Gasteiger partial charge in [-0.1, -0.05) is 19.4 Å². The Hall–Kier alpha value is -2.25. The van der Waals surface area contributed by atoms with Crippen LogP contribution in [0.5, 0.6) is 0 Å². The van der Waals surface area contributed by atoms with Gasteiger partial charge in [-0.3, -0.25) is 10.7 Å². The number of aryl methyl sites for hydroxylation is 2. The topological polar surface area (TPSA) is 56.7 Å². The third kappa shape index (κ3) is 3.46. The molecule has 7 heteroatoms. The van der Waals surface area contributed by atoms with E-state index >= 15 is 0 Å². The highest BCUT2D eigenvalue weighted by Gasteiger charge is 2.40. The number of guanidine groups is 1. The third-order valence-electron chi connectivity index (χ3n) is 5.55. The largest absolute Gasteiger partial charge is 0.367 e. The number of aliphatic imine (C=N–C) groups is 1. The number of hydrogen-bond acceptors (Lipinski definition) is 4. The van der Waals surface area contributed by atoms with Crippen molar-refractivity contribution in [2.45, 2.75) is 39.8 Å².